The van der Waals surface area contributed by atoms with Crippen LogP contribution in [0.25, 0.3) is 6.08 Å². The van der Waals surface area contributed by atoms with Crippen LogP contribution in [0.5, 0.6) is 0 Å². The van der Waals surface area contributed by atoms with Gasteiger partial charge < -0.3 is 19.7 Å². The Morgan fingerprint density at radius 2 is 1.84 bits per heavy atom. The molecule has 0 aromatic heterocycles. The van der Waals surface area contributed by atoms with E-state index in [0.717, 1.165) is 5.56 Å². The maximum Gasteiger partial charge on any atom is 0.337 e. The molecule has 0 radical (unpaired) electrons. The van der Waals surface area contributed by atoms with Crippen LogP contribution in [-0.2, 0) is 19.1 Å². The number of benzene rings is 1. The predicted molar refractivity (Wildman–Crippen MR) is 91.8 cm³/mol. The molecule has 134 valence electrons. The van der Waals surface area contributed by atoms with E-state index in [9.17, 15) is 14.4 Å². The Morgan fingerprint density at radius 3 is 2.44 bits per heavy atom. The van der Waals surface area contributed by atoms with Gasteiger partial charge in [0.25, 0.3) is 0 Å². The number of ether oxygens (including phenoxy) is 2. The van der Waals surface area contributed by atoms with Crippen LogP contribution < -0.4 is 5.32 Å². The summed E-state index contributed by atoms with van der Waals surface area (Å²) in [7, 11) is 1.32. The molecule has 2 rings (SSSR count). The van der Waals surface area contributed by atoms with Crippen molar-refractivity contribution in [3.8, 4) is 0 Å². The summed E-state index contributed by atoms with van der Waals surface area (Å²) in [6.07, 6.45) is 2.97. The van der Waals surface area contributed by atoms with Crippen LogP contribution in [0.2, 0.25) is 0 Å². The SMILES string of the molecule is COC(=O)c1ccc(/C=C/C(=O)N[C@@H](C)C(=O)N2CCOCC2)cc1. The van der Waals surface area contributed by atoms with Crippen molar-refractivity contribution in [1.82, 2.24) is 10.2 Å². The number of carbonyl (C=O) groups excluding carboxylic acids is 3. The van der Waals surface area contributed by atoms with E-state index in [2.05, 4.69) is 10.1 Å². The molecule has 1 aliphatic heterocycles. The second-order valence-electron chi connectivity index (χ2n) is 5.61. The van der Waals surface area contributed by atoms with Gasteiger partial charge in [-0.2, -0.15) is 0 Å². The summed E-state index contributed by atoms with van der Waals surface area (Å²) in [5.74, 6) is -0.887. The first-order valence-electron chi connectivity index (χ1n) is 8.04. The fourth-order valence-corrected chi connectivity index (χ4v) is 2.40. The molecular formula is C18H22N2O5. The monoisotopic (exact) mass is 346 g/mol. The summed E-state index contributed by atoms with van der Waals surface area (Å²) >= 11 is 0. The van der Waals surface area contributed by atoms with Gasteiger partial charge in [-0.15, -0.1) is 0 Å². The summed E-state index contributed by atoms with van der Waals surface area (Å²) in [5.41, 5.74) is 1.20. The third kappa shape index (κ3) is 5.42. The van der Waals surface area contributed by atoms with E-state index in [1.807, 2.05) is 0 Å². The van der Waals surface area contributed by atoms with Crippen molar-refractivity contribution < 1.29 is 23.9 Å². The van der Waals surface area contributed by atoms with Crippen molar-refractivity contribution in [2.24, 2.45) is 0 Å². The highest BCUT2D eigenvalue weighted by Gasteiger charge is 2.22. The zero-order valence-electron chi connectivity index (χ0n) is 14.4. The van der Waals surface area contributed by atoms with Crippen molar-refractivity contribution in [3.05, 3.63) is 41.5 Å². The highest BCUT2D eigenvalue weighted by molar-refractivity contribution is 5.95. The molecule has 25 heavy (non-hydrogen) atoms. The fraction of sp³-hybridized carbons (Fsp3) is 0.389. The quantitative estimate of drug-likeness (QED) is 0.631. The van der Waals surface area contributed by atoms with Crippen LogP contribution in [-0.4, -0.2) is 62.1 Å². The second-order valence-corrected chi connectivity index (χ2v) is 5.61. The number of methoxy groups -OCH3 is 1. The van der Waals surface area contributed by atoms with Gasteiger partial charge in [-0.1, -0.05) is 12.1 Å². The Bertz CT molecular complexity index is 648. The van der Waals surface area contributed by atoms with Crippen LogP contribution >= 0.6 is 0 Å². The van der Waals surface area contributed by atoms with Crippen LogP contribution in [0.3, 0.4) is 0 Å². The molecular weight excluding hydrogens is 324 g/mol. The maximum absolute atomic E-state index is 12.2. The van der Waals surface area contributed by atoms with Gasteiger partial charge in [0, 0.05) is 19.2 Å². The van der Waals surface area contributed by atoms with Gasteiger partial charge in [0.1, 0.15) is 6.04 Å². The molecule has 1 saturated heterocycles. The number of nitrogens with one attached hydrogen (secondary N) is 1. The first kappa shape index (κ1) is 18.7. The second kappa shape index (κ2) is 8.98. The fourth-order valence-electron chi connectivity index (χ4n) is 2.40. The molecule has 1 atom stereocenters. The van der Waals surface area contributed by atoms with Crippen LogP contribution in [0.15, 0.2) is 30.3 Å². The van der Waals surface area contributed by atoms with E-state index in [1.54, 1.807) is 42.2 Å². The van der Waals surface area contributed by atoms with Gasteiger partial charge in [-0.3, -0.25) is 9.59 Å². The standard InChI is InChI=1S/C18H22N2O5/c1-13(17(22)20-9-11-25-12-10-20)19-16(21)8-5-14-3-6-15(7-4-14)18(23)24-2/h3-8,13H,9-12H2,1-2H3,(H,19,21)/b8-5+/t13-/m0/s1. The van der Waals surface area contributed by atoms with E-state index in [1.165, 1.54) is 13.2 Å². The van der Waals surface area contributed by atoms with Crippen molar-refractivity contribution in [2.75, 3.05) is 33.4 Å². The smallest absolute Gasteiger partial charge is 0.337 e. The molecule has 1 aliphatic rings. The lowest BCUT2D eigenvalue weighted by Gasteiger charge is -2.29. The summed E-state index contributed by atoms with van der Waals surface area (Å²) in [4.78, 5) is 37.2. The van der Waals surface area contributed by atoms with Gasteiger partial charge in [0.15, 0.2) is 0 Å². The maximum atomic E-state index is 12.2. The third-order valence-corrected chi connectivity index (χ3v) is 3.81. The van der Waals surface area contributed by atoms with Gasteiger partial charge in [-0.25, -0.2) is 4.79 Å². The Morgan fingerprint density at radius 1 is 1.20 bits per heavy atom. The van der Waals surface area contributed by atoms with Crippen LogP contribution in [0.4, 0.5) is 0 Å². The largest absolute Gasteiger partial charge is 0.465 e. The summed E-state index contributed by atoms with van der Waals surface area (Å²) in [6, 6.07) is 6.05. The van der Waals surface area contributed by atoms with E-state index >= 15 is 0 Å². The number of hydrogen-bond acceptors (Lipinski definition) is 5. The van der Waals surface area contributed by atoms with Crippen molar-refractivity contribution >= 4 is 23.9 Å². The molecule has 1 heterocycles. The normalized spacial score (nSPS) is 15.7. The molecule has 7 heteroatoms. The number of morpholine rings is 1. The van der Waals surface area contributed by atoms with Crippen molar-refractivity contribution in [1.29, 1.82) is 0 Å². The number of esters is 1. The average molecular weight is 346 g/mol. The Labute approximate surface area is 146 Å². The summed E-state index contributed by atoms with van der Waals surface area (Å²) in [6.45, 7) is 3.79. The number of carbonyl (C=O) groups is 3. The zero-order valence-corrected chi connectivity index (χ0v) is 14.4. The van der Waals surface area contributed by atoms with Gasteiger partial charge in [0.05, 0.1) is 25.9 Å². The first-order chi connectivity index (χ1) is 12.0. The molecule has 0 unspecified atom stereocenters. The lowest BCUT2D eigenvalue weighted by atomic mass is 10.1. The first-order valence-corrected chi connectivity index (χ1v) is 8.04. The molecule has 7 nitrogen and oxygen atoms in total. The minimum atomic E-state index is -0.600. The molecule has 1 N–H and O–H groups in total. The lowest BCUT2D eigenvalue weighted by Crippen LogP contribution is -2.50. The number of amides is 2. The molecule has 1 aromatic carbocycles. The molecule has 0 spiro atoms. The highest BCUT2D eigenvalue weighted by Crippen LogP contribution is 2.07. The van der Waals surface area contributed by atoms with Gasteiger partial charge >= 0.3 is 5.97 Å². The van der Waals surface area contributed by atoms with E-state index < -0.39 is 12.0 Å². The zero-order chi connectivity index (χ0) is 18.2. The molecule has 2 amide bonds. The molecule has 1 fully saturated rings. The number of rotatable bonds is 5. The highest BCUT2D eigenvalue weighted by atomic mass is 16.5. The molecule has 1 aromatic rings. The number of hydrogen-bond donors (Lipinski definition) is 1. The lowest BCUT2D eigenvalue weighted by molar-refractivity contribution is -0.138. The van der Waals surface area contributed by atoms with Gasteiger partial charge in [-0.05, 0) is 30.7 Å². The number of nitrogens with zero attached hydrogens (tertiary/aromatic N) is 1. The topological polar surface area (TPSA) is 84.9 Å². The average Bonchev–Trinajstić information content (AvgIpc) is 2.66. The van der Waals surface area contributed by atoms with Crippen LogP contribution in [0, 0.1) is 0 Å². The van der Waals surface area contributed by atoms with E-state index in [4.69, 9.17) is 4.74 Å². The Kier molecular flexibility index (Phi) is 6.71. The summed E-state index contributed by atoms with van der Waals surface area (Å²) < 4.78 is 9.83. The molecule has 0 saturated carbocycles. The molecule has 0 bridgehead atoms. The Hall–Kier alpha value is -2.67. The van der Waals surface area contributed by atoms with Crippen molar-refractivity contribution in [3.63, 3.8) is 0 Å². The molecule has 0 aliphatic carbocycles. The minimum absolute atomic E-state index is 0.118. The Balaban J connectivity index is 1.87. The third-order valence-electron chi connectivity index (χ3n) is 3.81. The van der Waals surface area contributed by atoms with Gasteiger partial charge in [0.2, 0.25) is 11.8 Å². The van der Waals surface area contributed by atoms with E-state index in [0.29, 0.717) is 31.9 Å². The summed E-state index contributed by atoms with van der Waals surface area (Å²) in [5, 5.41) is 2.65. The predicted octanol–water partition coefficient (Wildman–Crippen LogP) is 0.850. The van der Waals surface area contributed by atoms with Crippen LogP contribution in [0.1, 0.15) is 22.8 Å². The minimum Gasteiger partial charge on any atom is -0.465 e. The van der Waals surface area contributed by atoms with E-state index in [-0.39, 0.29) is 11.8 Å². The van der Waals surface area contributed by atoms with Crippen molar-refractivity contribution in [2.45, 2.75) is 13.0 Å².